The molecular weight excluding hydrogens is 612 g/mol. The third-order valence-corrected chi connectivity index (χ3v) is 8.89. The van der Waals surface area contributed by atoms with Crippen LogP contribution in [-0.2, 0) is 26.8 Å². The summed E-state index contributed by atoms with van der Waals surface area (Å²) in [5.74, 6) is 0.971. The molecular formula is C23H23Cl4N7O4S. The minimum Gasteiger partial charge on any atom is -0.447 e. The van der Waals surface area contributed by atoms with Crippen molar-refractivity contribution < 1.29 is 18.5 Å². The van der Waals surface area contributed by atoms with Crippen molar-refractivity contribution >= 4 is 86.5 Å². The second-order valence-electron chi connectivity index (χ2n) is 9.38. The van der Waals surface area contributed by atoms with Gasteiger partial charge in [-0.3, -0.25) is 14.3 Å². The Hall–Kier alpha value is -2.25. The molecule has 1 atom stereocenters. The first-order chi connectivity index (χ1) is 18.5. The molecule has 2 aromatic rings. The Bertz CT molecular complexity index is 1350. The smallest absolute Gasteiger partial charge is 0.414 e. The van der Waals surface area contributed by atoms with Crippen molar-refractivity contribution in [3.8, 4) is 0 Å². The molecule has 2 N–H and O–H groups in total. The van der Waals surface area contributed by atoms with Crippen LogP contribution in [0.15, 0.2) is 23.4 Å². The maximum atomic E-state index is 12.8. The summed E-state index contributed by atoms with van der Waals surface area (Å²) in [6.45, 7) is 1.13. The highest BCUT2D eigenvalue weighted by Gasteiger charge is 2.41. The van der Waals surface area contributed by atoms with E-state index in [4.69, 9.17) is 61.1 Å². The lowest BCUT2D eigenvalue weighted by Crippen LogP contribution is -2.51. The van der Waals surface area contributed by atoms with Gasteiger partial charge in [0.25, 0.3) is 9.70 Å². The molecule has 208 valence electrons. The van der Waals surface area contributed by atoms with E-state index in [1.165, 1.54) is 0 Å². The van der Waals surface area contributed by atoms with E-state index >= 15 is 0 Å². The number of amides is 2. The van der Waals surface area contributed by atoms with Crippen LogP contribution in [0, 0.1) is 0 Å². The number of alkyl carbamates (subject to hydrolysis) is 1. The van der Waals surface area contributed by atoms with Gasteiger partial charge in [-0.2, -0.15) is 4.98 Å². The zero-order valence-electron chi connectivity index (χ0n) is 20.4. The van der Waals surface area contributed by atoms with Gasteiger partial charge in [0.1, 0.15) is 17.3 Å². The summed E-state index contributed by atoms with van der Waals surface area (Å²) in [6.07, 6.45) is 7.65. The third-order valence-electron chi connectivity index (χ3n) is 6.72. The molecule has 0 spiro atoms. The van der Waals surface area contributed by atoms with Crippen LogP contribution in [-0.4, -0.2) is 70.9 Å². The van der Waals surface area contributed by atoms with E-state index < -0.39 is 32.1 Å². The van der Waals surface area contributed by atoms with Crippen LogP contribution in [0.1, 0.15) is 37.2 Å². The first-order valence-corrected chi connectivity index (χ1v) is 14.9. The zero-order valence-corrected chi connectivity index (χ0v) is 24.2. The van der Waals surface area contributed by atoms with Crippen molar-refractivity contribution in [1.82, 2.24) is 25.3 Å². The molecule has 16 heteroatoms. The van der Waals surface area contributed by atoms with E-state index in [1.807, 2.05) is 16.3 Å². The van der Waals surface area contributed by atoms with Gasteiger partial charge in [-0.05, 0) is 31.3 Å². The van der Waals surface area contributed by atoms with Crippen molar-refractivity contribution in [3.05, 3.63) is 35.0 Å². The molecule has 0 radical (unpaired) electrons. The molecule has 1 fully saturated rings. The number of fused-ring (bicyclic) bond motifs is 1. The number of nitrogens with one attached hydrogen (secondary N) is 2. The summed E-state index contributed by atoms with van der Waals surface area (Å²) in [6, 6.07) is 0. The number of aryl methyl sites for hydroxylation is 1. The molecule has 0 unspecified atom stereocenters. The van der Waals surface area contributed by atoms with Crippen LogP contribution in [0.25, 0.3) is 5.57 Å². The lowest BCUT2D eigenvalue weighted by Gasteiger charge is -2.42. The zero-order chi connectivity index (χ0) is 27.8. The Labute approximate surface area is 246 Å². The van der Waals surface area contributed by atoms with Crippen molar-refractivity contribution in [2.45, 2.75) is 46.3 Å². The molecule has 2 aliphatic heterocycles. The molecule has 1 saturated carbocycles. The van der Waals surface area contributed by atoms with E-state index in [0.717, 1.165) is 17.7 Å². The van der Waals surface area contributed by atoms with Gasteiger partial charge in [-0.1, -0.05) is 52.5 Å². The molecule has 4 heterocycles. The average Bonchev–Trinajstić information content (AvgIpc) is 3.26. The standard InChI is InChI=1S/C23H23Cl4N7O4S/c24-14-10-28-17(29-11-14)13-2-7-34(8-3-13)20-30-15-4-9-39(37)16(15)18(31-20)33-22(5-1-6-22)12-38-21(36)32-19(35)23(25,26)27/h2,10-11H,1,3-9,12H2,(H,30,31,33)(H,32,35,36)/t39-/m1/s1. The van der Waals surface area contributed by atoms with Crippen LogP contribution in [0.3, 0.4) is 0 Å². The van der Waals surface area contributed by atoms with Crippen molar-refractivity contribution in [3.63, 3.8) is 0 Å². The van der Waals surface area contributed by atoms with E-state index in [2.05, 4.69) is 15.3 Å². The van der Waals surface area contributed by atoms with Gasteiger partial charge in [-0.15, -0.1) is 0 Å². The van der Waals surface area contributed by atoms with Crippen molar-refractivity contribution in [2.75, 3.05) is 35.7 Å². The maximum Gasteiger partial charge on any atom is 0.414 e. The number of aromatic nitrogens is 4. The van der Waals surface area contributed by atoms with Gasteiger partial charge >= 0.3 is 6.09 Å². The second kappa shape index (κ2) is 11.3. The van der Waals surface area contributed by atoms with Crippen LogP contribution >= 0.6 is 46.4 Å². The summed E-state index contributed by atoms with van der Waals surface area (Å²) >= 11 is 22.4. The topological polar surface area (TPSA) is 139 Å². The van der Waals surface area contributed by atoms with E-state index in [-0.39, 0.29) is 6.61 Å². The SMILES string of the molecule is O=C(NC(=O)C(Cl)(Cl)Cl)OCC1(Nc2nc(N3CC=C(c4ncc(Cl)cn4)CC3)nc3c2[S@](=O)CC3)CCC1. The maximum absolute atomic E-state index is 12.8. The van der Waals surface area contributed by atoms with Gasteiger partial charge in [0.2, 0.25) is 5.95 Å². The summed E-state index contributed by atoms with van der Waals surface area (Å²) in [5, 5.41) is 5.77. The summed E-state index contributed by atoms with van der Waals surface area (Å²) < 4.78 is 15.8. The van der Waals surface area contributed by atoms with Crippen LogP contribution in [0.2, 0.25) is 5.02 Å². The molecule has 0 bridgehead atoms. The third kappa shape index (κ3) is 6.40. The monoisotopic (exact) mass is 633 g/mol. The molecule has 11 nitrogen and oxygen atoms in total. The largest absolute Gasteiger partial charge is 0.447 e. The normalized spacial score (nSPS) is 19.9. The fourth-order valence-electron chi connectivity index (χ4n) is 4.51. The fourth-order valence-corrected chi connectivity index (χ4v) is 6.05. The van der Waals surface area contributed by atoms with E-state index in [0.29, 0.717) is 72.0 Å². The molecule has 1 aliphatic carbocycles. The lowest BCUT2D eigenvalue weighted by molar-refractivity contribution is -0.119. The van der Waals surface area contributed by atoms with Gasteiger partial charge in [-0.25, -0.2) is 19.7 Å². The molecule has 3 aliphatic rings. The number of imide groups is 1. The predicted octanol–water partition coefficient (Wildman–Crippen LogP) is 3.84. The Kier molecular flexibility index (Phi) is 8.21. The number of hydrogen-bond acceptors (Lipinski definition) is 10. The minimum absolute atomic E-state index is 0.0659. The molecule has 5 rings (SSSR count). The lowest BCUT2D eigenvalue weighted by atomic mass is 9.77. The number of rotatable bonds is 6. The molecule has 0 aromatic carbocycles. The van der Waals surface area contributed by atoms with E-state index in [9.17, 15) is 13.8 Å². The van der Waals surface area contributed by atoms with Gasteiger partial charge in [0, 0.05) is 37.7 Å². The Morgan fingerprint density at radius 3 is 2.51 bits per heavy atom. The molecule has 2 aromatic heterocycles. The predicted molar refractivity (Wildman–Crippen MR) is 149 cm³/mol. The quantitative estimate of drug-likeness (QED) is 0.451. The highest BCUT2D eigenvalue weighted by molar-refractivity contribution is 7.85. The minimum atomic E-state index is -2.29. The molecule has 2 amide bonds. The van der Waals surface area contributed by atoms with Gasteiger partial charge in [0.15, 0.2) is 5.82 Å². The van der Waals surface area contributed by atoms with Crippen LogP contribution in [0.4, 0.5) is 16.6 Å². The number of nitrogens with zero attached hydrogens (tertiary/aromatic N) is 5. The van der Waals surface area contributed by atoms with Gasteiger partial charge in [0.05, 0.1) is 27.1 Å². The summed E-state index contributed by atoms with van der Waals surface area (Å²) in [4.78, 5) is 44.6. The number of anilines is 2. The summed E-state index contributed by atoms with van der Waals surface area (Å²) in [7, 11) is -1.25. The van der Waals surface area contributed by atoms with Gasteiger partial charge < -0.3 is 15.0 Å². The summed E-state index contributed by atoms with van der Waals surface area (Å²) in [5.41, 5.74) is 1.10. The number of hydrogen-bond donors (Lipinski definition) is 2. The fraction of sp³-hybridized carbons (Fsp3) is 0.478. The Balaban J connectivity index is 1.32. The first kappa shape index (κ1) is 28.3. The number of ether oxygens (including phenoxy) is 1. The van der Waals surface area contributed by atoms with E-state index in [1.54, 1.807) is 12.4 Å². The van der Waals surface area contributed by atoms with Crippen LogP contribution < -0.4 is 15.5 Å². The number of carbonyl (C=O) groups excluding carboxylic acids is 2. The number of halogens is 4. The second-order valence-corrected chi connectivity index (χ2v) is 13.6. The highest BCUT2D eigenvalue weighted by atomic mass is 35.6. The number of alkyl halides is 3. The Morgan fingerprint density at radius 2 is 1.90 bits per heavy atom. The average molecular weight is 635 g/mol. The molecule has 39 heavy (non-hydrogen) atoms. The number of carbonyl (C=O) groups is 2. The highest BCUT2D eigenvalue weighted by Crippen LogP contribution is 2.39. The van der Waals surface area contributed by atoms with Crippen molar-refractivity contribution in [1.29, 1.82) is 0 Å². The molecule has 0 saturated heterocycles. The van der Waals surface area contributed by atoms with Crippen molar-refractivity contribution in [2.24, 2.45) is 0 Å². The van der Waals surface area contributed by atoms with Crippen LogP contribution in [0.5, 0.6) is 0 Å². The first-order valence-electron chi connectivity index (χ1n) is 12.1. The Morgan fingerprint density at radius 1 is 1.15 bits per heavy atom.